The van der Waals surface area contributed by atoms with Crippen LogP contribution in [0.3, 0.4) is 0 Å². The number of carbonyl (C=O) groups excluding carboxylic acids is 2. The molecule has 2 unspecified atom stereocenters. The maximum atomic E-state index is 12.9. The van der Waals surface area contributed by atoms with Gasteiger partial charge in [-0.3, -0.25) is 4.79 Å². The van der Waals surface area contributed by atoms with Gasteiger partial charge in [0.25, 0.3) is 0 Å². The monoisotopic (exact) mass is 464 g/mol. The fourth-order valence-electron chi connectivity index (χ4n) is 4.64. The molecule has 3 atom stereocenters. The van der Waals surface area contributed by atoms with Crippen LogP contribution in [0.15, 0.2) is 48.5 Å². The molecular weight excluding hydrogens is 432 g/mol. The minimum Gasteiger partial charge on any atom is -0.480 e. The van der Waals surface area contributed by atoms with Crippen molar-refractivity contribution < 1.29 is 24.2 Å². The third-order valence-electron chi connectivity index (χ3n) is 7.00. The Morgan fingerprint density at radius 3 is 2.12 bits per heavy atom. The van der Waals surface area contributed by atoms with Gasteiger partial charge in [-0.1, -0.05) is 81.6 Å². The SMILES string of the molecule is CCC(C)C(NC(=O)[C@H](CC1CC1)NC(=O)OCC1c2ccccc2-c2ccccc21)C(=O)O. The molecule has 2 aliphatic carbocycles. The summed E-state index contributed by atoms with van der Waals surface area (Å²) in [5, 5.41) is 14.8. The number of nitrogens with one attached hydrogen (secondary N) is 2. The Kier molecular flexibility index (Phi) is 7.20. The lowest BCUT2D eigenvalue weighted by atomic mass is 9.98. The molecular formula is C27H32N2O5. The number of carbonyl (C=O) groups is 3. The number of fused-ring (bicyclic) bond motifs is 3. The van der Waals surface area contributed by atoms with Gasteiger partial charge in [-0.25, -0.2) is 9.59 Å². The number of ether oxygens (including phenoxy) is 1. The average molecular weight is 465 g/mol. The lowest BCUT2D eigenvalue weighted by Gasteiger charge is -2.24. The summed E-state index contributed by atoms with van der Waals surface area (Å²) in [6.45, 7) is 3.82. The van der Waals surface area contributed by atoms with Crippen molar-refractivity contribution in [2.45, 2.75) is 57.5 Å². The number of alkyl carbamates (subject to hydrolysis) is 1. The Hall–Kier alpha value is -3.35. The van der Waals surface area contributed by atoms with Crippen molar-refractivity contribution in [3.63, 3.8) is 0 Å². The Balaban J connectivity index is 1.41. The lowest BCUT2D eigenvalue weighted by molar-refractivity contribution is -0.143. The van der Waals surface area contributed by atoms with Crippen molar-refractivity contribution in [2.24, 2.45) is 11.8 Å². The zero-order chi connectivity index (χ0) is 24.2. The van der Waals surface area contributed by atoms with Gasteiger partial charge in [-0.05, 0) is 40.5 Å². The van der Waals surface area contributed by atoms with Gasteiger partial charge in [0.15, 0.2) is 0 Å². The summed E-state index contributed by atoms with van der Waals surface area (Å²) in [6, 6.07) is 14.4. The van der Waals surface area contributed by atoms with Crippen LogP contribution in [0.2, 0.25) is 0 Å². The van der Waals surface area contributed by atoms with E-state index in [1.54, 1.807) is 6.92 Å². The van der Waals surface area contributed by atoms with Crippen molar-refractivity contribution in [2.75, 3.05) is 6.61 Å². The van der Waals surface area contributed by atoms with Crippen LogP contribution < -0.4 is 10.6 Å². The Morgan fingerprint density at radius 2 is 1.59 bits per heavy atom. The van der Waals surface area contributed by atoms with Crippen LogP contribution in [0.25, 0.3) is 11.1 Å². The third kappa shape index (κ3) is 5.24. The number of amides is 2. The highest BCUT2D eigenvalue weighted by Crippen LogP contribution is 2.44. The molecule has 0 aromatic heterocycles. The Labute approximate surface area is 199 Å². The highest BCUT2D eigenvalue weighted by molar-refractivity contribution is 5.89. The molecule has 180 valence electrons. The first-order valence-electron chi connectivity index (χ1n) is 12.0. The van der Waals surface area contributed by atoms with Crippen LogP contribution in [0.1, 0.15) is 56.6 Å². The van der Waals surface area contributed by atoms with Crippen molar-refractivity contribution in [3.05, 3.63) is 59.7 Å². The molecule has 4 rings (SSSR count). The van der Waals surface area contributed by atoms with Gasteiger partial charge in [-0.2, -0.15) is 0 Å². The van der Waals surface area contributed by atoms with Gasteiger partial charge in [0.2, 0.25) is 5.91 Å². The number of hydrogen-bond donors (Lipinski definition) is 3. The van der Waals surface area contributed by atoms with E-state index in [-0.39, 0.29) is 18.4 Å². The second-order valence-electron chi connectivity index (χ2n) is 9.41. The molecule has 0 heterocycles. The first-order chi connectivity index (χ1) is 16.4. The molecule has 2 aromatic rings. The normalized spacial score (nSPS) is 17.1. The molecule has 1 fully saturated rings. The molecule has 34 heavy (non-hydrogen) atoms. The summed E-state index contributed by atoms with van der Waals surface area (Å²) in [6.07, 6.45) is 2.43. The van der Waals surface area contributed by atoms with Crippen LogP contribution in [0.5, 0.6) is 0 Å². The highest BCUT2D eigenvalue weighted by Gasteiger charge is 2.35. The zero-order valence-corrected chi connectivity index (χ0v) is 19.6. The number of rotatable bonds is 10. The average Bonchev–Trinajstić information content (AvgIpc) is 3.60. The summed E-state index contributed by atoms with van der Waals surface area (Å²) in [7, 11) is 0. The highest BCUT2D eigenvalue weighted by atomic mass is 16.5. The number of aliphatic carboxylic acids is 1. The van der Waals surface area contributed by atoms with E-state index in [9.17, 15) is 19.5 Å². The standard InChI is InChI=1S/C27H32N2O5/c1-3-16(2)24(26(31)32)29-25(30)23(14-17-12-13-17)28-27(33)34-15-22-20-10-6-4-8-18(20)19-9-5-7-11-21(19)22/h4-11,16-17,22-24H,3,12-15H2,1-2H3,(H,28,33)(H,29,30)(H,31,32)/t16?,23-,24?/m0/s1. The quantitative estimate of drug-likeness (QED) is 0.486. The van der Waals surface area contributed by atoms with Crippen LogP contribution in [0, 0.1) is 11.8 Å². The fraction of sp³-hybridized carbons (Fsp3) is 0.444. The number of carboxylic acids is 1. The molecule has 2 aromatic carbocycles. The van der Waals surface area contributed by atoms with E-state index in [1.807, 2.05) is 43.3 Å². The summed E-state index contributed by atoms with van der Waals surface area (Å²) in [4.78, 5) is 37.3. The largest absolute Gasteiger partial charge is 0.480 e. The van der Waals surface area contributed by atoms with Crippen molar-refractivity contribution in [1.29, 1.82) is 0 Å². The molecule has 0 saturated heterocycles. The van der Waals surface area contributed by atoms with Crippen molar-refractivity contribution in [3.8, 4) is 11.1 Å². The molecule has 0 radical (unpaired) electrons. The summed E-state index contributed by atoms with van der Waals surface area (Å²) in [5.74, 6) is -1.49. The first-order valence-corrected chi connectivity index (χ1v) is 12.0. The zero-order valence-electron chi connectivity index (χ0n) is 19.6. The minimum absolute atomic E-state index is 0.0735. The van der Waals surface area contributed by atoms with Gasteiger partial charge >= 0.3 is 12.1 Å². The Bertz CT molecular complexity index is 1020. The van der Waals surface area contributed by atoms with Gasteiger partial charge in [-0.15, -0.1) is 0 Å². The summed E-state index contributed by atoms with van der Waals surface area (Å²) in [5.41, 5.74) is 4.51. The van der Waals surface area contributed by atoms with Crippen LogP contribution in [0.4, 0.5) is 4.79 Å². The number of benzene rings is 2. The summed E-state index contributed by atoms with van der Waals surface area (Å²) >= 11 is 0. The summed E-state index contributed by atoms with van der Waals surface area (Å²) < 4.78 is 5.60. The van der Waals surface area contributed by atoms with Gasteiger partial charge in [0.1, 0.15) is 18.7 Å². The second-order valence-corrected chi connectivity index (χ2v) is 9.41. The second kappa shape index (κ2) is 10.3. The van der Waals surface area contributed by atoms with Gasteiger partial charge in [0.05, 0.1) is 0 Å². The fourth-order valence-corrected chi connectivity index (χ4v) is 4.64. The van der Waals surface area contributed by atoms with Crippen molar-refractivity contribution >= 4 is 18.0 Å². The van der Waals surface area contributed by atoms with E-state index in [2.05, 4.69) is 22.8 Å². The molecule has 3 N–H and O–H groups in total. The molecule has 2 aliphatic rings. The first kappa shape index (κ1) is 23.8. The topological polar surface area (TPSA) is 105 Å². The van der Waals surface area contributed by atoms with E-state index >= 15 is 0 Å². The molecule has 7 nitrogen and oxygen atoms in total. The third-order valence-corrected chi connectivity index (χ3v) is 7.00. The maximum Gasteiger partial charge on any atom is 0.407 e. The predicted molar refractivity (Wildman–Crippen MR) is 128 cm³/mol. The van der Waals surface area contributed by atoms with Gasteiger partial charge < -0.3 is 20.5 Å². The van der Waals surface area contributed by atoms with Gasteiger partial charge in [0, 0.05) is 5.92 Å². The lowest BCUT2D eigenvalue weighted by Crippen LogP contribution is -2.53. The number of carboxylic acid groups (broad SMARTS) is 1. The maximum absolute atomic E-state index is 12.9. The predicted octanol–water partition coefficient (Wildman–Crippen LogP) is 4.31. The minimum atomic E-state index is -1.07. The van der Waals surface area contributed by atoms with Crippen LogP contribution in [-0.4, -0.2) is 41.8 Å². The van der Waals surface area contributed by atoms with Crippen LogP contribution in [-0.2, 0) is 14.3 Å². The smallest absolute Gasteiger partial charge is 0.407 e. The van der Waals surface area contributed by atoms with E-state index < -0.39 is 30.1 Å². The molecule has 0 bridgehead atoms. The van der Waals surface area contributed by atoms with E-state index in [0.717, 1.165) is 35.1 Å². The molecule has 7 heteroatoms. The van der Waals surface area contributed by atoms with Crippen molar-refractivity contribution in [1.82, 2.24) is 10.6 Å². The molecule has 2 amide bonds. The number of hydrogen-bond acceptors (Lipinski definition) is 4. The molecule has 1 saturated carbocycles. The molecule has 0 spiro atoms. The Morgan fingerprint density at radius 1 is 1.00 bits per heavy atom. The molecule has 0 aliphatic heterocycles. The van der Waals surface area contributed by atoms with E-state index in [0.29, 0.717) is 18.8 Å². The van der Waals surface area contributed by atoms with Crippen LogP contribution >= 0.6 is 0 Å². The van der Waals surface area contributed by atoms with E-state index in [4.69, 9.17) is 4.74 Å². The van der Waals surface area contributed by atoms with E-state index in [1.165, 1.54) is 0 Å².